The predicted octanol–water partition coefficient (Wildman–Crippen LogP) is 2.49. The summed E-state index contributed by atoms with van der Waals surface area (Å²) in [5.41, 5.74) is 9.90. The summed E-state index contributed by atoms with van der Waals surface area (Å²) in [6.45, 7) is 4.08. The van der Waals surface area contributed by atoms with Crippen LogP contribution in [-0.2, 0) is 0 Å². The van der Waals surface area contributed by atoms with Crippen LogP contribution in [0, 0.1) is 6.92 Å². The lowest BCUT2D eigenvalue weighted by molar-refractivity contribution is 1.35. The number of hydrogen-bond acceptors (Lipinski definition) is 2. The Balaban J connectivity index is 2.69. The molecular weight excluding hydrogens is 174 g/mol. The molecule has 0 atom stereocenters. The Morgan fingerprint density at radius 2 is 2.21 bits per heavy atom. The number of nitrogens with two attached hydrogens (primary N) is 1. The van der Waals surface area contributed by atoms with E-state index in [2.05, 4.69) is 29.0 Å². The van der Waals surface area contributed by atoms with Gasteiger partial charge in [0, 0.05) is 0 Å². The number of rotatable bonds is 1. The molecule has 0 radical (unpaired) electrons. The number of nitrogens with zero attached hydrogens (tertiary/aromatic N) is 1. The van der Waals surface area contributed by atoms with Gasteiger partial charge < -0.3 is 10.7 Å². The molecule has 14 heavy (non-hydrogen) atoms. The Morgan fingerprint density at radius 1 is 1.43 bits per heavy atom. The summed E-state index contributed by atoms with van der Waals surface area (Å²) in [5.74, 6) is 0.469. The van der Waals surface area contributed by atoms with Crippen LogP contribution in [0.25, 0.3) is 17.1 Å². The van der Waals surface area contributed by atoms with Gasteiger partial charge in [-0.05, 0) is 37.1 Å². The van der Waals surface area contributed by atoms with E-state index in [1.54, 1.807) is 0 Å². The molecule has 0 unspecified atom stereocenters. The number of allylic oxidation sites excluding steroid dienone is 1. The smallest absolute Gasteiger partial charge is 0.198 e. The van der Waals surface area contributed by atoms with Crippen molar-refractivity contribution in [2.75, 3.05) is 5.73 Å². The summed E-state index contributed by atoms with van der Waals surface area (Å²) in [7, 11) is 0. The van der Waals surface area contributed by atoms with Gasteiger partial charge in [0.15, 0.2) is 5.95 Å². The van der Waals surface area contributed by atoms with Crippen molar-refractivity contribution in [3.05, 3.63) is 29.3 Å². The van der Waals surface area contributed by atoms with Crippen LogP contribution < -0.4 is 5.73 Å². The van der Waals surface area contributed by atoms with E-state index in [1.165, 1.54) is 11.1 Å². The minimum absolute atomic E-state index is 0.469. The minimum Gasteiger partial charge on any atom is -0.369 e. The van der Waals surface area contributed by atoms with E-state index in [4.69, 9.17) is 5.73 Å². The molecule has 1 aromatic heterocycles. The fourth-order valence-electron chi connectivity index (χ4n) is 1.56. The fraction of sp³-hybridized carbons (Fsp3) is 0.182. The maximum absolute atomic E-state index is 5.58. The van der Waals surface area contributed by atoms with E-state index in [1.807, 2.05) is 19.1 Å². The lowest BCUT2D eigenvalue weighted by atomic mass is 10.1. The maximum Gasteiger partial charge on any atom is 0.198 e. The standard InChI is InChI=1S/C11H13N3/c1-3-4-8-6-10-9(5-7(8)2)13-11(12)14-10/h3-6H,1-2H3,(H3,12,13,14)/b4-3+. The van der Waals surface area contributed by atoms with Crippen molar-refractivity contribution in [3.63, 3.8) is 0 Å². The Kier molecular flexibility index (Phi) is 2.00. The van der Waals surface area contributed by atoms with Crippen molar-refractivity contribution in [3.8, 4) is 0 Å². The first-order valence-corrected chi connectivity index (χ1v) is 4.59. The molecule has 0 spiro atoms. The molecule has 3 nitrogen and oxygen atoms in total. The second kappa shape index (κ2) is 3.18. The van der Waals surface area contributed by atoms with Gasteiger partial charge in [0.05, 0.1) is 11.0 Å². The lowest BCUT2D eigenvalue weighted by Gasteiger charge is -1.99. The van der Waals surface area contributed by atoms with Gasteiger partial charge in [-0.25, -0.2) is 4.98 Å². The minimum atomic E-state index is 0.469. The number of nitrogens with one attached hydrogen (secondary N) is 1. The van der Waals surface area contributed by atoms with Crippen molar-refractivity contribution in [1.29, 1.82) is 0 Å². The van der Waals surface area contributed by atoms with Gasteiger partial charge in [0.2, 0.25) is 0 Å². The third-order valence-corrected chi connectivity index (χ3v) is 2.23. The highest BCUT2D eigenvalue weighted by molar-refractivity contribution is 5.81. The highest BCUT2D eigenvalue weighted by atomic mass is 15.0. The Labute approximate surface area is 82.7 Å². The average molecular weight is 187 g/mol. The van der Waals surface area contributed by atoms with E-state index in [0.717, 1.165) is 11.0 Å². The van der Waals surface area contributed by atoms with Crippen LogP contribution in [0.1, 0.15) is 18.1 Å². The van der Waals surface area contributed by atoms with Gasteiger partial charge in [-0.2, -0.15) is 0 Å². The zero-order chi connectivity index (χ0) is 10.1. The Hall–Kier alpha value is -1.77. The third-order valence-electron chi connectivity index (χ3n) is 2.23. The molecule has 0 saturated heterocycles. The van der Waals surface area contributed by atoms with Crippen molar-refractivity contribution < 1.29 is 0 Å². The highest BCUT2D eigenvalue weighted by Crippen LogP contribution is 2.19. The number of fused-ring (bicyclic) bond motifs is 1. The van der Waals surface area contributed by atoms with Crippen LogP contribution >= 0.6 is 0 Å². The Morgan fingerprint density at radius 3 is 2.93 bits per heavy atom. The number of aromatic nitrogens is 2. The lowest BCUT2D eigenvalue weighted by Crippen LogP contribution is -1.84. The zero-order valence-corrected chi connectivity index (χ0v) is 8.33. The first kappa shape index (κ1) is 8.81. The van der Waals surface area contributed by atoms with Crippen LogP contribution in [0.3, 0.4) is 0 Å². The summed E-state index contributed by atoms with van der Waals surface area (Å²) < 4.78 is 0. The second-order valence-corrected chi connectivity index (χ2v) is 3.35. The predicted molar refractivity (Wildman–Crippen MR) is 60.0 cm³/mol. The fourth-order valence-corrected chi connectivity index (χ4v) is 1.56. The van der Waals surface area contributed by atoms with Gasteiger partial charge in [0.1, 0.15) is 0 Å². The molecule has 0 fully saturated rings. The first-order chi connectivity index (χ1) is 6.70. The van der Waals surface area contributed by atoms with Gasteiger partial charge in [-0.3, -0.25) is 0 Å². The molecule has 1 aromatic carbocycles. The van der Waals surface area contributed by atoms with Crippen molar-refractivity contribution in [1.82, 2.24) is 9.97 Å². The van der Waals surface area contributed by atoms with E-state index in [-0.39, 0.29) is 0 Å². The van der Waals surface area contributed by atoms with Gasteiger partial charge in [0.25, 0.3) is 0 Å². The average Bonchev–Trinajstić information content (AvgIpc) is 2.45. The number of hydrogen-bond donors (Lipinski definition) is 2. The van der Waals surface area contributed by atoms with Crippen molar-refractivity contribution in [2.24, 2.45) is 0 Å². The topological polar surface area (TPSA) is 54.7 Å². The molecule has 2 aromatic rings. The molecular formula is C11H13N3. The first-order valence-electron chi connectivity index (χ1n) is 4.59. The summed E-state index contributed by atoms with van der Waals surface area (Å²) in [6, 6.07) is 4.10. The highest BCUT2D eigenvalue weighted by Gasteiger charge is 2.02. The number of anilines is 1. The van der Waals surface area contributed by atoms with Crippen molar-refractivity contribution >= 4 is 23.1 Å². The summed E-state index contributed by atoms with van der Waals surface area (Å²) in [5, 5.41) is 0. The number of aromatic amines is 1. The van der Waals surface area contributed by atoms with Crippen LogP contribution in [0.2, 0.25) is 0 Å². The molecule has 0 saturated carbocycles. The number of H-pyrrole nitrogens is 1. The monoisotopic (exact) mass is 187 g/mol. The molecule has 1 heterocycles. The SMILES string of the molecule is C/C=C/c1cc2nc(N)[nH]c2cc1C. The molecule has 0 aliphatic rings. The number of aryl methyl sites for hydroxylation is 1. The van der Waals surface area contributed by atoms with Crippen molar-refractivity contribution in [2.45, 2.75) is 13.8 Å². The van der Waals surface area contributed by atoms with Crippen LogP contribution in [0.15, 0.2) is 18.2 Å². The molecule has 72 valence electrons. The quantitative estimate of drug-likeness (QED) is 0.720. The summed E-state index contributed by atoms with van der Waals surface area (Å²) >= 11 is 0. The van der Waals surface area contributed by atoms with Crippen LogP contribution in [0.4, 0.5) is 5.95 Å². The largest absolute Gasteiger partial charge is 0.369 e. The summed E-state index contributed by atoms with van der Waals surface area (Å²) in [4.78, 5) is 7.20. The maximum atomic E-state index is 5.58. The number of imidazole rings is 1. The van der Waals surface area contributed by atoms with E-state index in [9.17, 15) is 0 Å². The molecule has 3 N–H and O–H groups in total. The molecule has 0 aliphatic carbocycles. The van der Waals surface area contributed by atoms with E-state index in [0.29, 0.717) is 5.95 Å². The third kappa shape index (κ3) is 1.37. The van der Waals surface area contributed by atoms with E-state index >= 15 is 0 Å². The second-order valence-electron chi connectivity index (χ2n) is 3.35. The molecule has 0 bridgehead atoms. The van der Waals surface area contributed by atoms with Gasteiger partial charge in [-0.1, -0.05) is 12.2 Å². The molecule has 2 rings (SSSR count). The normalized spacial score (nSPS) is 11.6. The van der Waals surface area contributed by atoms with E-state index < -0.39 is 0 Å². The zero-order valence-electron chi connectivity index (χ0n) is 8.33. The van der Waals surface area contributed by atoms with Gasteiger partial charge >= 0.3 is 0 Å². The molecule has 0 amide bonds. The Bertz CT molecular complexity index is 494. The number of nitrogen functional groups attached to an aromatic ring is 1. The molecule has 3 heteroatoms. The summed E-state index contributed by atoms with van der Waals surface area (Å²) in [6.07, 6.45) is 4.09. The van der Waals surface area contributed by atoms with Gasteiger partial charge in [-0.15, -0.1) is 0 Å². The number of benzene rings is 1. The van der Waals surface area contributed by atoms with Crippen LogP contribution in [-0.4, -0.2) is 9.97 Å². The molecule has 0 aliphatic heterocycles. The van der Waals surface area contributed by atoms with Crippen LogP contribution in [0.5, 0.6) is 0 Å².